The Kier molecular flexibility index (Phi) is 6.55. The van der Waals surface area contributed by atoms with E-state index in [0.29, 0.717) is 12.3 Å². The number of rotatable bonds is 7. The zero-order valence-corrected chi connectivity index (χ0v) is 8.67. The zero-order chi connectivity index (χ0) is 11.0. The Morgan fingerprint density at radius 2 is 2.21 bits per heavy atom. The molecule has 0 aliphatic carbocycles. The standard InChI is InChI=1S/C7H13N3O3S/c1-14-5-10(3-6(8)12)7(13)2-9-4-11/h4H,2-3,5H2,1H3,(H2,8,12)(H,9,11). The molecule has 0 rings (SSSR count). The first-order chi connectivity index (χ1) is 6.61. The molecule has 0 bridgehead atoms. The summed E-state index contributed by atoms with van der Waals surface area (Å²) in [5.41, 5.74) is 4.96. The van der Waals surface area contributed by atoms with Gasteiger partial charge in [-0.3, -0.25) is 14.4 Å². The fourth-order valence-electron chi connectivity index (χ4n) is 0.791. The van der Waals surface area contributed by atoms with E-state index in [1.54, 1.807) is 6.26 Å². The van der Waals surface area contributed by atoms with Crippen molar-refractivity contribution in [3.8, 4) is 0 Å². The Bertz CT molecular complexity index is 222. The smallest absolute Gasteiger partial charge is 0.243 e. The molecule has 0 aromatic heterocycles. The minimum absolute atomic E-state index is 0.114. The Balaban J connectivity index is 4.09. The van der Waals surface area contributed by atoms with Gasteiger partial charge < -0.3 is 16.0 Å². The molecule has 6 nitrogen and oxygen atoms in total. The van der Waals surface area contributed by atoms with Crippen LogP contribution >= 0.6 is 11.8 Å². The number of amides is 3. The summed E-state index contributed by atoms with van der Waals surface area (Å²) in [5.74, 6) is -0.522. The molecule has 3 N–H and O–H groups in total. The first kappa shape index (κ1) is 12.8. The highest BCUT2D eigenvalue weighted by Crippen LogP contribution is 1.98. The Morgan fingerprint density at radius 1 is 1.57 bits per heavy atom. The van der Waals surface area contributed by atoms with Crippen LogP contribution in [0, 0.1) is 0 Å². The topological polar surface area (TPSA) is 92.5 Å². The van der Waals surface area contributed by atoms with Gasteiger partial charge in [0, 0.05) is 0 Å². The highest BCUT2D eigenvalue weighted by molar-refractivity contribution is 7.98. The van der Waals surface area contributed by atoms with E-state index < -0.39 is 5.91 Å². The third-order valence-electron chi connectivity index (χ3n) is 1.32. The molecule has 0 atom stereocenters. The van der Waals surface area contributed by atoms with Gasteiger partial charge in [0.25, 0.3) is 0 Å². The molecule has 0 spiro atoms. The summed E-state index contributed by atoms with van der Waals surface area (Å²) in [7, 11) is 0. The third kappa shape index (κ3) is 5.41. The van der Waals surface area contributed by atoms with Gasteiger partial charge >= 0.3 is 0 Å². The Morgan fingerprint density at radius 3 is 2.64 bits per heavy atom. The molecular weight excluding hydrogens is 206 g/mol. The quantitative estimate of drug-likeness (QED) is 0.397. The molecule has 0 aliphatic rings. The van der Waals surface area contributed by atoms with Crippen LogP contribution in [0.5, 0.6) is 0 Å². The first-order valence-electron chi connectivity index (χ1n) is 3.83. The lowest BCUT2D eigenvalue weighted by Crippen LogP contribution is -2.42. The summed E-state index contributed by atoms with van der Waals surface area (Å²) in [5, 5.41) is 2.23. The number of carbonyl (C=O) groups is 3. The second kappa shape index (κ2) is 7.19. The van der Waals surface area contributed by atoms with E-state index in [1.807, 2.05) is 0 Å². The van der Waals surface area contributed by atoms with Crippen LogP contribution in [0.3, 0.4) is 0 Å². The number of hydrogen-bond acceptors (Lipinski definition) is 4. The van der Waals surface area contributed by atoms with Crippen molar-refractivity contribution < 1.29 is 14.4 Å². The lowest BCUT2D eigenvalue weighted by Gasteiger charge is -2.19. The molecule has 0 saturated carbocycles. The lowest BCUT2D eigenvalue weighted by molar-refractivity contribution is -0.133. The molecule has 0 aromatic rings. The highest BCUT2D eigenvalue weighted by Gasteiger charge is 2.14. The van der Waals surface area contributed by atoms with Gasteiger partial charge in [-0.15, -0.1) is 11.8 Å². The van der Waals surface area contributed by atoms with Crippen molar-refractivity contribution in [3.63, 3.8) is 0 Å². The summed E-state index contributed by atoms with van der Waals surface area (Å²) in [6.45, 7) is -0.239. The van der Waals surface area contributed by atoms with E-state index in [0.717, 1.165) is 0 Å². The second-order valence-corrected chi connectivity index (χ2v) is 3.31. The molecule has 80 valence electrons. The minimum Gasteiger partial charge on any atom is -0.368 e. The van der Waals surface area contributed by atoms with E-state index in [9.17, 15) is 14.4 Å². The fourth-order valence-corrected chi connectivity index (χ4v) is 1.34. The van der Waals surface area contributed by atoms with E-state index >= 15 is 0 Å². The largest absolute Gasteiger partial charge is 0.368 e. The van der Waals surface area contributed by atoms with Crippen LogP contribution in [0.1, 0.15) is 0 Å². The Hall–Kier alpha value is -1.24. The third-order valence-corrected chi connectivity index (χ3v) is 1.89. The van der Waals surface area contributed by atoms with Gasteiger partial charge in [-0.2, -0.15) is 0 Å². The predicted molar refractivity (Wildman–Crippen MR) is 53.4 cm³/mol. The van der Waals surface area contributed by atoms with Crippen LogP contribution in [-0.4, -0.2) is 48.3 Å². The molecule has 14 heavy (non-hydrogen) atoms. The van der Waals surface area contributed by atoms with Crippen molar-refractivity contribution >= 4 is 30.0 Å². The zero-order valence-electron chi connectivity index (χ0n) is 7.86. The summed E-state index contributed by atoms with van der Waals surface area (Å²) in [4.78, 5) is 33.1. The maximum absolute atomic E-state index is 11.3. The maximum atomic E-state index is 11.3. The van der Waals surface area contributed by atoms with Crippen molar-refractivity contribution in [2.24, 2.45) is 5.73 Å². The number of nitrogens with one attached hydrogen (secondary N) is 1. The number of hydrogen-bond donors (Lipinski definition) is 2. The SMILES string of the molecule is CSCN(CC(N)=O)C(=O)CNC=O. The monoisotopic (exact) mass is 219 g/mol. The van der Waals surface area contributed by atoms with Crippen molar-refractivity contribution in [1.29, 1.82) is 0 Å². The minimum atomic E-state index is -0.571. The van der Waals surface area contributed by atoms with E-state index in [-0.39, 0.29) is 19.0 Å². The van der Waals surface area contributed by atoms with Crippen LogP contribution in [0.4, 0.5) is 0 Å². The lowest BCUT2D eigenvalue weighted by atomic mass is 10.4. The number of nitrogens with two attached hydrogens (primary N) is 1. The molecule has 0 aliphatic heterocycles. The number of carbonyl (C=O) groups excluding carboxylic acids is 3. The van der Waals surface area contributed by atoms with Gasteiger partial charge in [0.15, 0.2) is 0 Å². The molecular formula is C7H13N3O3S. The van der Waals surface area contributed by atoms with Crippen molar-refractivity contribution in [2.75, 3.05) is 25.2 Å². The number of nitrogens with zero attached hydrogens (tertiary/aromatic N) is 1. The van der Waals surface area contributed by atoms with Gasteiger partial charge in [0.05, 0.1) is 12.4 Å². The molecule has 0 radical (unpaired) electrons. The Labute approximate surface area is 86.2 Å². The second-order valence-electron chi connectivity index (χ2n) is 2.47. The van der Waals surface area contributed by atoms with Crippen LogP contribution in [0.2, 0.25) is 0 Å². The van der Waals surface area contributed by atoms with Crippen LogP contribution in [0.15, 0.2) is 0 Å². The maximum Gasteiger partial charge on any atom is 0.243 e. The normalized spacial score (nSPS) is 9.21. The van der Waals surface area contributed by atoms with Gasteiger partial charge in [-0.05, 0) is 6.26 Å². The molecule has 0 unspecified atom stereocenters. The summed E-state index contributed by atoms with van der Waals surface area (Å²) in [6, 6.07) is 0. The average molecular weight is 219 g/mol. The van der Waals surface area contributed by atoms with E-state index in [4.69, 9.17) is 5.73 Å². The van der Waals surface area contributed by atoms with Gasteiger partial charge in [-0.25, -0.2) is 0 Å². The predicted octanol–water partition coefficient (Wildman–Crippen LogP) is -1.63. The van der Waals surface area contributed by atoms with Gasteiger partial charge in [0.2, 0.25) is 18.2 Å². The number of primary amides is 1. The molecule has 0 saturated heterocycles. The number of thioether (sulfide) groups is 1. The van der Waals surface area contributed by atoms with E-state index in [2.05, 4.69) is 5.32 Å². The molecule has 0 fully saturated rings. The van der Waals surface area contributed by atoms with Crippen molar-refractivity contribution in [1.82, 2.24) is 10.2 Å². The molecule has 0 heterocycles. The summed E-state index contributed by atoms with van der Waals surface area (Å²) < 4.78 is 0. The van der Waals surface area contributed by atoms with Crippen molar-refractivity contribution in [3.05, 3.63) is 0 Å². The summed E-state index contributed by atoms with van der Waals surface area (Å²) >= 11 is 1.39. The van der Waals surface area contributed by atoms with Crippen LogP contribution in [-0.2, 0) is 14.4 Å². The summed E-state index contributed by atoms with van der Waals surface area (Å²) in [6.07, 6.45) is 2.23. The fraction of sp³-hybridized carbons (Fsp3) is 0.571. The first-order valence-corrected chi connectivity index (χ1v) is 5.23. The average Bonchev–Trinajstić information content (AvgIpc) is 2.13. The van der Waals surface area contributed by atoms with Crippen LogP contribution in [0.25, 0.3) is 0 Å². The molecule has 7 heteroatoms. The van der Waals surface area contributed by atoms with E-state index in [1.165, 1.54) is 16.7 Å². The van der Waals surface area contributed by atoms with Crippen LogP contribution < -0.4 is 11.1 Å². The molecule has 3 amide bonds. The van der Waals surface area contributed by atoms with Gasteiger partial charge in [-0.1, -0.05) is 0 Å². The highest BCUT2D eigenvalue weighted by atomic mass is 32.2. The molecule has 0 aromatic carbocycles. The van der Waals surface area contributed by atoms with Crippen molar-refractivity contribution in [2.45, 2.75) is 0 Å². The van der Waals surface area contributed by atoms with Gasteiger partial charge in [0.1, 0.15) is 6.54 Å².